The number of anilines is 1. The van der Waals surface area contributed by atoms with Crippen LogP contribution in [0.4, 0.5) is 19.4 Å². The van der Waals surface area contributed by atoms with Crippen LogP contribution in [0.25, 0.3) is 32.9 Å². The van der Waals surface area contributed by atoms with Gasteiger partial charge in [-0.25, -0.2) is 13.6 Å². The molecule has 0 aliphatic carbocycles. The van der Waals surface area contributed by atoms with Gasteiger partial charge in [0.15, 0.2) is 14.1 Å². The van der Waals surface area contributed by atoms with Crippen LogP contribution in [0.3, 0.4) is 0 Å². The third kappa shape index (κ3) is 9.19. The van der Waals surface area contributed by atoms with Gasteiger partial charge < -0.3 is 18.8 Å². The first-order valence-corrected chi connectivity index (χ1v) is 30.4. The summed E-state index contributed by atoms with van der Waals surface area (Å²) in [5.74, 6) is 2.82. The van der Waals surface area contributed by atoms with Gasteiger partial charge in [-0.1, -0.05) is 92.5 Å². The highest BCUT2D eigenvalue weighted by atomic mass is 28.4. The van der Waals surface area contributed by atoms with E-state index in [4.69, 9.17) is 28.9 Å². The third-order valence-electron chi connectivity index (χ3n) is 16.5. The number of ether oxygens (including phenoxy) is 2. The number of aromatic nitrogens is 3. The van der Waals surface area contributed by atoms with Gasteiger partial charge in [0.05, 0.1) is 28.6 Å². The molecule has 68 heavy (non-hydrogen) atoms. The van der Waals surface area contributed by atoms with Crippen LogP contribution < -0.4 is 9.64 Å². The molecule has 2 aromatic carbocycles. The average Bonchev–Trinajstić information content (AvgIpc) is 3.91. The number of carbonyl (C=O) groups excluding carboxylic acids is 1. The Kier molecular flexibility index (Phi) is 13.7. The van der Waals surface area contributed by atoms with Crippen molar-refractivity contribution >= 4 is 50.0 Å². The van der Waals surface area contributed by atoms with Crippen LogP contribution in [-0.4, -0.2) is 109 Å². The molecule has 14 heteroatoms. The highest BCUT2D eigenvalue weighted by molar-refractivity contribution is 6.90. The number of hydrogen-bond acceptors (Lipinski definition) is 9. The number of hydrogen-bond donors (Lipinski definition) is 0. The molecule has 0 spiro atoms. The maximum absolute atomic E-state index is 17.9. The quantitative estimate of drug-likeness (QED) is 0.108. The summed E-state index contributed by atoms with van der Waals surface area (Å²) in [5.41, 5.74) is 4.77. The second kappa shape index (κ2) is 18.5. The van der Waals surface area contributed by atoms with Gasteiger partial charge >= 0.3 is 12.1 Å². The van der Waals surface area contributed by atoms with E-state index >= 15 is 8.78 Å². The van der Waals surface area contributed by atoms with Gasteiger partial charge in [0.2, 0.25) is 0 Å². The first-order chi connectivity index (χ1) is 31.9. The van der Waals surface area contributed by atoms with E-state index in [0.717, 1.165) is 50.5 Å². The summed E-state index contributed by atoms with van der Waals surface area (Å²) in [6.07, 6.45) is 7.00. The topological polar surface area (TPSA) is 93.2 Å². The number of rotatable bonds is 11. The molecule has 0 saturated carbocycles. The molecule has 4 fully saturated rings. The molecule has 2 bridgehead atoms. The number of benzene rings is 2. The molecule has 4 aliphatic rings. The Bertz CT molecular complexity index is 2580. The van der Waals surface area contributed by atoms with E-state index in [0.29, 0.717) is 71.1 Å². The molecule has 4 saturated heterocycles. The zero-order valence-corrected chi connectivity index (χ0v) is 45.3. The van der Waals surface area contributed by atoms with Crippen molar-refractivity contribution < 1.29 is 27.5 Å². The fourth-order valence-corrected chi connectivity index (χ4v) is 18.2. The lowest BCUT2D eigenvalue weighted by Gasteiger charge is -2.42. The van der Waals surface area contributed by atoms with Crippen LogP contribution in [0.15, 0.2) is 36.5 Å². The number of piperazine rings is 1. The molecule has 6 heterocycles. The van der Waals surface area contributed by atoms with E-state index in [9.17, 15) is 4.79 Å². The fraction of sp³-hybridized carbons (Fsp3) is 0.630. The predicted octanol–water partition coefficient (Wildman–Crippen LogP) is 12.7. The Morgan fingerprint density at radius 3 is 2.22 bits per heavy atom. The zero-order valence-electron chi connectivity index (χ0n) is 43.3. The molecule has 4 aromatic rings. The van der Waals surface area contributed by atoms with Gasteiger partial charge in [-0.3, -0.25) is 14.8 Å². The minimum absolute atomic E-state index is 0.0585. The number of fused-ring (bicyclic) bond motifs is 5. The largest absolute Gasteiger partial charge is 0.461 e. The SMILES string of the molecule is CC(C)[Si](C#Cc1c(F)ccc2cccc(-c3ncc4c(N5C[C@H]6CC[C@@H](C5)N6C(=O)OC(C)(C)C)nc(OC[C@]56CCCN5[C@@H](CO[Si](C)(C)C(C)(C)C)CC6)nc4c3F)c12)(C(C)C)C(C)C. The van der Waals surface area contributed by atoms with E-state index in [1.807, 2.05) is 37.8 Å². The lowest BCUT2D eigenvalue weighted by atomic mass is 9.95. The van der Waals surface area contributed by atoms with Crippen LogP contribution in [0.5, 0.6) is 6.01 Å². The second-order valence-corrected chi connectivity index (χ2v) is 34.1. The van der Waals surface area contributed by atoms with Crippen molar-refractivity contribution in [3.05, 3.63) is 53.7 Å². The minimum Gasteiger partial charge on any atom is -0.461 e. The Morgan fingerprint density at radius 1 is 0.912 bits per heavy atom. The van der Waals surface area contributed by atoms with E-state index in [1.165, 1.54) is 6.07 Å². The lowest BCUT2D eigenvalue weighted by molar-refractivity contribution is 0.0122. The molecule has 2 aromatic heterocycles. The summed E-state index contributed by atoms with van der Waals surface area (Å²) in [7, 11) is -4.20. The normalized spacial score (nSPS) is 22.5. The average molecular weight is 967 g/mol. The van der Waals surface area contributed by atoms with E-state index in [1.54, 1.807) is 18.3 Å². The van der Waals surface area contributed by atoms with E-state index in [2.05, 4.69) is 96.7 Å². The Morgan fingerprint density at radius 2 is 1.59 bits per heavy atom. The van der Waals surface area contributed by atoms with Crippen molar-refractivity contribution in [3.63, 3.8) is 0 Å². The molecule has 4 atom stereocenters. The van der Waals surface area contributed by atoms with Crippen molar-refractivity contribution in [2.75, 3.05) is 37.7 Å². The summed E-state index contributed by atoms with van der Waals surface area (Å²) in [6, 6.07) is 8.93. The molecule has 4 aliphatic heterocycles. The number of halogens is 2. The molecular formula is C54H76F2N6O4Si2. The monoisotopic (exact) mass is 967 g/mol. The number of pyridine rings is 1. The van der Waals surface area contributed by atoms with Crippen LogP contribution in [-0.2, 0) is 9.16 Å². The van der Waals surface area contributed by atoms with Crippen molar-refractivity contribution in [3.8, 4) is 28.7 Å². The lowest BCUT2D eigenvalue weighted by Crippen LogP contribution is -2.57. The first kappa shape index (κ1) is 50.2. The van der Waals surface area contributed by atoms with Crippen molar-refractivity contribution in [1.82, 2.24) is 24.8 Å². The van der Waals surface area contributed by atoms with Gasteiger partial charge in [0.1, 0.15) is 43.1 Å². The van der Waals surface area contributed by atoms with Crippen molar-refractivity contribution in [1.29, 1.82) is 0 Å². The fourth-order valence-electron chi connectivity index (χ4n) is 12.0. The molecule has 0 radical (unpaired) electrons. The third-order valence-corrected chi connectivity index (χ3v) is 27.3. The number of amides is 1. The molecule has 8 rings (SSSR count). The predicted molar refractivity (Wildman–Crippen MR) is 276 cm³/mol. The van der Waals surface area contributed by atoms with Gasteiger partial charge in [-0.15, -0.1) is 5.54 Å². The standard InChI is InChI=1S/C54H76F2N6O4Si2/c1-34(2)68(35(3)4,36(5)6)28-24-41-44(55)22-19-37-17-15-18-42(45(37)41)47-46(56)48-43(29-57-47)49(60-30-38-20-21-39(31-60)62(38)51(63)66-52(7,8)9)59-50(58-48)64-33-54-25-16-27-61(54)40(23-26-54)32-65-67(13,14)53(10,11)12/h15,17-19,22,29,34-36,38-40H,16,20-21,23,25-27,30-33H2,1-14H3/t38-,39+,40-,54-/m1/s1. The van der Waals surface area contributed by atoms with Gasteiger partial charge in [-0.05, 0) is 112 Å². The summed E-state index contributed by atoms with van der Waals surface area (Å²) >= 11 is 0. The van der Waals surface area contributed by atoms with Crippen LogP contribution in [0.1, 0.15) is 127 Å². The Labute approximate surface area is 406 Å². The maximum atomic E-state index is 17.9. The molecule has 0 N–H and O–H groups in total. The van der Waals surface area contributed by atoms with Crippen molar-refractivity contribution in [2.24, 2.45) is 0 Å². The highest BCUT2D eigenvalue weighted by Gasteiger charge is 2.51. The smallest absolute Gasteiger partial charge is 0.410 e. The highest BCUT2D eigenvalue weighted by Crippen LogP contribution is 2.46. The molecule has 368 valence electrons. The summed E-state index contributed by atoms with van der Waals surface area (Å²) < 4.78 is 53.5. The summed E-state index contributed by atoms with van der Waals surface area (Å²) in [5, 5.41) is 1.84. The summed E-state index contributed by atoms with van der Waals surface area (Å²) in [4.78, 5) is 35.0. The van der Waals surface area contributed by atoms with Crippen LogP contribution >= 0.6 is 0 Å². The van der Waals surface area contributed by atoms with Crippen LogP contribution in [0, 0.1) is 23.1 Å². The van der Waals surface area contributed by atoms with Crippen molar-refractivity contribution in [2.45, 2.75) is 186 Å². The van der Waals surface area contributed by atoms with Gasteiger partial charge in [-0.2, -0.15) is 9.97 Å². The number of carbonyl (C=O) groups is 1. The van der Waals surface area contributed by atoms with E-state index in [-0.39, 0.29) is 51.5 Å². The molecule has 0 unspecified atom stereocenters. The maximum Gasteiger partial charge on any atom is 0.410 e. The number of nitrogens with zero attached hydrogens (tertiary/aromatic N) is 6. The summed E-state index contributed by atoms with van der Waals surface area (Å²) in [6.45, 7) is 33.5. The minimum atomic E-state index is -2.26. The van der Waals surface area contributed by atoms with Gasteiger partial charge in [0.25, 0.3) is 0 Å². The van der Waals surface area contributed by atoms with Crippen LogP contribution in [0.2, 0.25) is 34.8 Å². The second-order valence-electron chi connectivity index (χ2n) is 23.7. The molecular weight excluding hydrogens is 891 g/mol. The first-order valence-electron chi connectivity index (χ1n) is 25.3. The Balaban J connectivity index is 1.20. The zero-order chi connectivity index (χ0) is 49.3. The molecule has 1 amide bonds. The Hall–Kier alpha value is -4.17. The molecule has 10 nitrogen and oxygen atoms in total. The van der Waals surface area contributed by atoms with Gasteiger partial charge in [0, 0.05) is 42.9 Å². The van der Waals surface area contributed by atoms with E-state index < -0.39 is 33.6 Å².